The molecule has 0 aromatic carbocycles. The van der Waals surface area contributed by atoms with Crippen molar-refractivity contribution in [3.05, 3.63) is 0 Å². The van der Waals surface area contributed by atoms with Crippen LogP contribution in [0.4, 0.5) is 0 Å². The number of carboxylic acid groups (broad SMARTS) is 1. The first-order valence-electron chi connectivity index (χ1n) is 8.77. The number of hydrogen-bond donors (Lipinski definition) is 1. The Morgan fingerprint density at radius 3 is 1.83 bits per heavy atom. The second-order valence-corrected chi connectivity index (χ2v) is 5.37. The molecule has 0 saturated carbocycles. The summed E-state index contributed by atoms with van der Waals surface area (Å²) in [5.74, 6) is -1.16. The largest absolute Gasteiger partial charge is 0.481 e. The quantitative estimate of drug-likeness (QED) is 0.300. The Hall–Kier alpha value is -1.18. The van der Waals surface area contributed by atoms with Crippen molar-refractivity contribution in [2.45, 2.75) is 51.9 Å². The zero-order valence-corrected chi connectivity index (χ0v) is 14.8. The second kappa shape index (κ2) is 18.2. The third-order valence-corrected chi connectivity index (χ3v) is 3.15. The molecule has 0 bridgehead atoms. The van der Waals surface area contributed by atoms with Crippen molar-refractivity contribution in [1.82, 2.24) is 0 Å². The molecule has 0 aliphatic heterocycles. The smallest absolute Gasteiger partial charge is 0.305 e. The van der Waals surface area contributed by atoms with E-state index in [9.17, 15) is 9.59 Å². The summed E-state index contributed by atoms with van der Waals surface area (Å²) in [4.78, 5) is 21.6. The molecule has 0 aromatic rings. The maximum absolute atomic E-state index is 11.3. The van der Waals surface area contributed by atoms with Crippen molar-refractivity contribution in [3.63, 3.8) is 0 Å². The van der Waals surface area contributed by atoms with Crippen molar-refractivity contribution in [1.29, 1.82) is 0 Å². The summed E-state index contributed by atoms with van der Waals surface area (Å²) in [5, 5.41) is 8.46. The molecule has 0 atom stereocenters. The Labute approximate surface area is 144 Å². The Kier molecular flexibility index (Phi) is 17.3. The standard InChI is InChI=1S/C17H32O7/c1-2-3-6-9-21-10-11-22-12-13-23-14-15-24-17(20)8-5-4-7-16(18)19/h2-15H2,1H3,(H,18,19). The van der Waals surface area contributed by atoms with Gasteiger partial charge in [-0.25, -0.2) is 0 Å². The van der Waals surface area contributed by atoms with E-state index in [1.807, 2.05) is 0 Å². The highest BCUT2D eigenvalue weighted by atomic mass is 16.6. The molecule has 24 heavy (non-hydrogen) atoms. The fraction of sp³-hybridized carbons (Fsp3) is 0.882. The molecule has 1 N–H and O–H groups in total. The number of unbranched alkanes of at least 4 members (excludes halogenated alkanes) is 3. The normalized spacial score (nSPS) is 10.7. The Bertz CT molecular complexity index is 307. The lowest BCUT2D eigenvalue weighted by Gasteiger charge is -2.07. The third kappa shape index (κ3) is 18.9. The number of carbonyl (C=O) groups excluding carboxylic acids is 1. The SMILES string of the molecule is CCCCCOCCOCCOCCOC(=O)CCCCC(=O)O. The van der Waals surface area contributed by atoms with Crippen LogP contribution < -0.4 is 0 Å². The molecule has 0 aliphatic rings. The molecular formula is C17H32O7. The minimum Gasteiger partial charge on any atom is -0.481 e. The Morgan fingerprint density at radius 1 is 0.708 bits per heavy atom. The molecule has 0 saturated heterocycles. The first kappa shape index (κ1) is 22.8. The minimum absolute atomic E-state index is 0.0835. The summed E-state index contributed by atoms with van der Waals surface area (Å²) >= 11 is 0. The van der Waals surface area contributed by atoms with E-state index in [2.05, 4.69) is 6.92 Å². The highest BCUT2D eigenvalue weighted by molar-refractivity contribution is 5.69. The van der Waals surface area contributed by atoms with Crippen molar-refractivity contribution in [2.24, 2.45) is 0 Å². The van der Waals surface area contributed by atoms with Gasteiger partial charge in [0.05, 0.1) is 33.0 Å². The maximum Gasteiger partial charge on any atom is 0.305 e. The van der Waals surface area contributed by atoms with Gasteiger partial charge in [-0.2, -0.15) is 0 Å². The van der Waals surface area contributed by atoms with Gasteiger partial charge in [0.15, 0.2) is 0 Å². The number of esters is 1. The molecule has 7 heteroatoms. The summed E-state index contributed by atoms with van der Waals surface area (Å²) < 4.78 is 21.0. The number of hydrogen-bond acceptors (Lipinski definition) is 6. The topological polar surface area (TPSA) is 91.3 Å². The van der Waals surface area contributed by atoms with Crippen LogP contribution in [0.1, 0.15) is 51.9 Å². The van der Waals surface area contributed by atoms with Gasteiger partial charge >= 0.3 is 11.9 Å². The number of aliphatic carboxylic acids is 1. The van der Waals surface area contributed by atoms with Crippen molar-refractivity contribution < 1.29 is 33.6 Å². The van der Waals surface area contributed by atoms with Crippen LogP contribution >= 0.6 is 0 Å². The zero-order chi connectivity index (χ0) is 17.9. The van der Waals surface area contributed by atoms with Gasteiger partial charge in [0.1, 0.15) is 6.61 Å². The highest BCUT2D eigenvalue weighted by Crippen LogP contribution is 2.01. The van der Waals surface area contributed by atoms with Crippen LogP contribution in [0.2, 0.25) is 0 Å². The van der Waals surface area contributed by atoms with E-state index < -0.39 is 5.97 Å². The lowest BCUT2D eigenvalue weighted by molar-refractivity contribution is -0.146. The van der Waals surface area contributed by atoms with Crippen LogP contribution in [0.3, 0.4) is 0 Å². The Balaban J connectivity index is 3.14. The van der Waals surface area contributed by atoms with E-state index in [1.165, 1.54) is 12.8 Å². The summed E-state index contributed by atoms with van der Waals surface area (Å²) in [5.41, 5.74) is 0. The van der Waals surface area contributed by atoms with Crippen molar-refractivity contribution >= 4 is 11.9 Å². The molecule has 0 aliphatic carbocycles. The summed E-state index contributed by atoms with van der Waals surface area (Å²) in [6, 6.07) is 0. The van der Waals surface area contributed by atoms with Gasteiger partial charge in [-0.05, 0) is 19.3 Å². The molecule has 0 fully saturated rings. The third-order valence-electron chi connectivity index (χ3n) is 3.15. The summed E-state index contributed by atoms with van der Waals surface area (Å²) in [6.45, 7) is 5.58. The molecule has 0 amide bonds. The minimum atomic E-state index is -0.845. The van der Waals surface area contributed by atoms with E-state index in [0.29, 0.717) is 45.9 Å². The van der Waals surface area contributed by atoms with E-state index >= 15 is 0 Å². The van der Waals surface area contributed by atoms with Crippen LogP contribution in [-0.2, 0) is 28.5 Å². The van der Waals surface area contributed by atoms with Gasteiger partial charge in [-0.3, -0.25) is 9.59 Å². The van der Waals surface area contributed by atoms with Crippen LogP contribution in [0, 0.1) is 0 Å². The van der Waals surface area contributed by atoms with Crippen molar-refractivity contribution in [2.75, 3.05) is 46.2 Å². The first-order valence-corrected chi connectivity index (χ1v) is 8.77. The van der Waals surface area contributed by atoms with Gasteiger partial charge in [-0.1, -0.05) is 19.8 Å². The number of ether oxygens (including phenoxy) is 4. The fourth-order valence-electron chi connectivity index (χ4n) is 1.83. The molecule has 0 aromatic heterocycles. The van der Waals surface area contributed by atoms with Gasteiger partial charge in [-0.15, -0.1) is 0 Å². The molecular weight excluding hydrogens is 316 g/mol. The monoisotopic (exact) mass is 348 g/mol. The van der Waals surface area contributed by atoms with E-state index in [-0.39, 0.29) is 25.4 Å². The molecule has 142 valence electrons. The van der Waals surface area contributed by atoms with E-state index in [1.54, 1.807) is 0 Å². The molecule has 0 unspecified atom stereocenters. The van der Waals surface area contributed by atoms with Crippen LogP contribution in [0.5, 0.6) is 0 Å². The Morgan fingerprint density at radius 2 is 1.25 bits per heavy atom. The number of carbonyl (C=O) groups is 2. The average molecular weight is 348 g/mol. The molecule has 0 heterocycles. The van der Waals surface area contributed by atoms with Gasteiger partial charge in [0.2, 0.25) is 0 Å². The fourth-order valence-corrected chi connectivity index (χ4v) is 1.83. The van der Waals surface area contributed by atoms with Gasteiger partial charge < -0.3 is 24.1 Å². The molecule has 0 radical (unpaired) electrons. The highest BCUT2D eigenvalue weighted by Gasteiger charge is 2.04. The predicted molar refractivity (Wildman–Crippen MR) is 89.0 cm³/mol. The summed E-state index contributed by atoms with van der Waals surface area (Å²) in [6.07, 6.45) is 4.83. The van der Waals surface area contributed by atoms with Crippen LogP contribution in [0.25, 0.3) is 0 Å². The molecule has 0 spiro atoms. The zero-order valence-electron chi connectivity index (χ0n) is 14.8. The van der Waals surface area contributed by atoms with Gasteiger partial charge in [0, 0.05) is 19.4 Å². The second-order valence-electron chi connectivity index (χ2n) is 5.37. The lowest BCUT2D eigenvalue weighted by Crippen LogP contribution is -2.14. The average Bonchev–Trinajstić information content (AvgIpc) is 2.55. The maximum atomic E-state index is 11.3. The molecule has 7 nitrogen and oxygen atoms in total. The predicted octanol–water partition coefficient (Wildman–Crippen LogP) is 2.41. The van der Waals surface area contributed by atoms with Crippen LogP contribution in [0.15, 0.2) is 0 Å². The number of rotatable bonds is 18. The summed E-state index contributed by atoms with van der Waals surface area (Å²) in [7, 11) is 0. The van der Waals surface area contributed by atoms with E-state index in [4.69, 9.17) is 24.1 Å². The van der Waals surface area contributed by atoms with Gasteiger partial charge in [0.25, 0.3) is 0 Å². The van der Waals surface area contributed by atoms with Crippen LogP contribution in [-0.4, -0.2) is 63.3 Å². The lowest BCUT2D eigenvalue weighted by atomic mass is 10.2. The van der Waals surface area contributed by atoms with E-state index in [0.717, 1.165) is 13.0 Å². The molecule has 0 rings (SSSR count). The number of carboxylic acids is 1. The van der Waals surface area contributed by atoms with Crippen molar-refractivity contribution in [3.8, 4) is 0 Å². The first-order chi connectivity index (χ1) is 11.7.